The number of carboxylic acid groups (broad SMARTS) is 1. The number of pyridine rings is 1. The Morgan fingerprint density at radius 1 is 1.03 bits per heavy atom. The van der Waals surface area contributed by atoms with E-state index in [1.807, 2.05) is 0 Å². The lowest BCUT2D eigenvalue weighted by atomic mass is 9.57. The second-order valence-corrected chi connectivity index (χ2v) is 12.3. The lowest BCUT2D eigenvalue weighted by Crippen LogP contribution is -2.56. The third kappa shape index (κ3) is 4.68. The fourth-order valence-electron chi connectivity index (χ4n) is 6.61. The molecule has 1 heterocycles. The number of hydrogen-bond acceptors (Lipinski definition) is 4. The molecule has 1 aromatic heterocycles. The molecule has 0 atom stereocenters. The van der Waals surface area contributed by atoms with Crippen LogP contribution in [0.1, 0.15) is 90.7 Å². The smallest absolute Gasteiger partial charge is 0.309 e. The van der Waals surface area contributed by atoms with Crippen LogP contribution in [0, 0.1) is 16.7 Å². The highest BCUT2D eigenvalue weighted by Gasteiger charge is 2.52. The van der Waals surface area contributed by atoms with Gasteiger partial charge < -0.3 is 15.2 Å². The molecule has 2 N–H and O–H groups in total. The first kappa shape index (κ1) is 23.6. The summed E-state index contributed by atoms with van der Waals surface area (Å²) < 4.78 is 6.36. The van der Waals surface area contributed by atoms with E-state index in [1.54, 1.807) is 0 Å². The summed E-state index contributed by atoms with van der Waals surface area (Å²) in [6.07, 6.45) is 10.3. The van der Waals surface area contributed by atoms with Gasteiger partial charge in [0, 0.05) is 17.5 Å². The van der Waals surface area contributed by atoms with Gasteiger partial charge in [-0.25, -0.2) is 0 Å². The SMILES string of the molecule is CC(C)(C)[C@H]1CC[C@H](Oc2ccc3nc(CNC45CCC(C(=O)O)(CC4)CC5)ccc3c2)CC1. The topological polar surface area (TPSA) is 71.5 Å². The van der Waals surface area contributed by atoms with Crippen LogP contribution < -0.4 is 10.1 Å². The quantitative estimate of drug-likeness (QED) is 0.511. The Kier molecular flexibility index (Phi) is 6.12. The van der Waals surface area contributed by atoms with Crippen LogP contribution in [0.4, 0.5) is 0 Å². The van der Waals surface area contributed by atoms with Gasteiger partial charge >= 0.3 is 5.97 Å². The number of benzene rings is 1. The second kappa shape index (κ2) is 8.82. The largest absolute Gasteiger partial charge is 0.490 e. The third-order valence-electron chi connectivity index (χ3n) is 9.26. The van der Waals surface area contributed by atoms with Crippen LogP contribution in [0.2, 0.25) is 0 Å². The van der Waals surface area contributed by atoms with Gasteiger partial charge in [-0.3, -0.25) is 9.78 Å². The number of rotatable bonds is 6. The van der Waals surface area contributed by atoms with Crippen LogP contribution >= 0.6 is 0 Å². The maximum Gasteiger partial charge on any atom is 0.309 e. The van der Waals surface area contributed by atoms with Crippen molar-refractivity contribution in [3.63, 3.8) is 0 Å². The molecule has 4 saturated carbocycles. The minimum atomic E-state index is -0.599. The number of nitrogens with zero attached hydrogens (tertiary/aromatic N) is 1. The number of aliphatic carboxylic acids is 1. The van der Waals surface area contributed by atoms with Crippen molar-refractivity contribution >= 4 is 16.9 Å². The molecule has 4 aliphatic carbocycles. The molecular weight excluding hydrogens is 424 g/mol. The van der Waals surface area contributed by atoms with Gasteiger partial charge in [-0.1, -0.05) is 26.8 Å². The van der Waals surface area contributed by atoms with Crippen molar-refractivity contribution in [2.24, 2.45) is 16.7 Å². The van der Waals surface area contributed by atoms with Crippen LogP contribution in [0.25, 0.3) is 10.9 Å². The van der Waals surface area contributed by atoms with Gasteiger partial charge in [0.25, 0.3) is 0 Å². The first-order chi connectivity index (χ1) is 16.2. The highest BCUT2D eigenvalue weighted by Crippen LogP contribution is 2.52. The van der Waals surface area contributed by atoms with Gasteiger partial charge in [0.1, 0.15) is 5.75 Å². The van der Waals surface area contributed by atoms with E-state index in [0.717, 1.165) is 86.2 Å². The minimum absolute atomic E-state index is 0.0809. The number of aromatic nitrogens is 1. The highest BCUT2D eigenvalue weighted by molar-refractivity contribution is 5.80. The number of hydrogen-bond donors (Lipinski definition) is 2. The fraction of sp³-hybridized carbons (Fsp3) is 0.655. The molecule has 0 unspecified atom stereocenters. The number of carbonyl (C=O) groups is 1. The van der Waals surface area contributed by atoms with Crippen molar-refractivity contribution < 1.29 is 14.6 Å². The Bertz CT molecular complexity index is 1020. The van der Waals surface area contributed by atoms with Crippen molar-refractivity contribution in [3.8, 4) is 5.75 Å². The van der Waals surface area contributed by atoms with Crippen LogP contribution in [0.5, 0.6) is 5.75 Å². The minimum Gasteiger partial charge on any atom is -0.490 e. The first-order valence-electron chi connectivity index (χ1n) is 13.2. The molecule has 0 spiro atoms. The number of fused-ring (bicyclic) bond motifs is 4. The molecule has 4 aliphatic rings. The Labute approximate surface area is 203 Å². The molecule has 0 aliphatic heterocycles. The van der Waals surface area contributed by atoms with Gasteiger partial charge in [-0.15, -0.1) is 0 Å². The summed E-state index contributed by atoms with van der Waals surface area (Å²) in [5, 5.41) is 14.5. The van der Waals surface area contributed by atoms with E-state index in [4.69, 9.17) is 9.72 Å². The van der Waals surface area contributed by atoms with Crippen molar-refractivity contribution in [1.29, 1.82) is 0 Å². The fourth-order valence-corrected chi connectivity index (χ4v) is 6.61. The summed E-state index contributed by atoms with van der Waals surface area (Å²) in [5.74, 6) is 1.14. The summed E-state index contributed by atoms with van der Waals surface area (Å²) in [5.41, 5.74) is 2.05. The van der Waals surface area contributed by atoms with Gasteiger partial charge in [-0.05, 0) is 99.8 Å². The molecule has 184 valence electrons. The summed E-state index contributed by atoms with van der Waals surface area (Å²) in [6.45, 7) is 7.79. The summed E-state index contributed by atoms with van der Waals surface area (Å²) in [6, 6.07) is 10.5. The van der Waals surface area contributed by atoms with E-state index in [9.17, 15) is 9.90 Å². The molecule has 0 saturated heterocycles. The summed E-state index contributed by atoms with van der Waals surface area (Å²) >= 11 is 0. The molecule has 6 rings (SSSR count). The van der Waals surface area contributed by atoms with Crippen LogP contribution in [-0.2, 0) is 11.3 Å². The number of ether oxygens (including phenoxy) is 1. The molecular formula is C29H40N2O3. The predicted molar refractivity (Wildman–Crippen MR) is 135 cm³/mol. The summed E-state index contributed by atoms with van der Waals surface area (Å²) in [4.78, 5) is 16.6. The Hall–Kier alpha value is -2.14. The summed E-state index contributed by atoms with van der Waals surface area (Å²) in [7, 11) is 0. The average Bonchev–Trinajstić information content (AvgIpc) is 2.83. The van der Waals surface area contributed by atoms with Gasteiger partial charge in [0.2, 0.25) is 0 Å². The molecule has 0 radical (unpaired) electrons. The number of carboxylic acids is 1. The predicted octanol–water partition coefficient (Wildman–Crippen LogP) is 6.49. The maximum absolute atomic E-state index is 11.7. The number of nitrogens with one attached hydrogen (secondary N) is 1. The van der Waals surface area contributed by atoms with Gasteiger partial charge in [0.05, 0.1) is 22.7 Å². The van der Waals surface area contributed by atoms with Gasteiger partial charge in [0.15, 0.2) is 0 Å². The standard InChI is InChI=1S/C29H40N2O3/c1-27(2,3)21-5-8-23(9-6-21)34-24-10-11-25-20(18-24)4-7-22(31-25)19-30-29-15-12-28(13-16-29,14-17-29)26(32)33/h4,7,10-11,18,21,23,30H,5-6,8-9,12-17,19H2,1-3H3,(H,32,33)/t21-,23-,28?,29?. The van der Waals surface area contributed by atoms with E-state index in [2.05, 4.69) is 56.4 Å². The van der Waals surface area contributed by atoms with Crippen molar-refractivity contribution in [1.82, 2.24) is 10.3 Å². The monoisotopic (exact) mass is 464 g/mol. The normalized spacial score (nSPS) is 31.5. The lowest BCUT2D eigenvalue weighted by molar-refractivity contribution is -0.156. The second-order valence-electron chi connectivity index (χ2n) is 12.3. The Morgan fingerprint density at radius 3 is 2.32 bits per heavy atom. The van der Waals surface area contributed by atoms with Crippen molar-refractivity contribution in [2.75, 3.05) is 0 Å². The van der Waals surface area contributed by atoms with E-state index < -0.39 is 11.4 Å². The zero-order valence-electron chi connectivity index (χ0n) is 21.0. The highest BCUT2D eigenvalue weighted by atomic mass is 16.5. The molecule has 0 amide bonds. The van der Waals surface area contributed by atoms with E-state index in [1.165, 1.54) is 12.8 Å². The third-order valence-corrected chi connectivity index (χ3v) is 9.26. The molecule has 5 heteroatoms. The molecule has 5 nitrogen and oxygen atoms in total. The van der Waals surface area contributed by atoms with Crippen LogP contribution in [-0.4, -0.2) is 27.7 Å². The zero-order valence-corrected chi connectivity index (χ0v) is 21.0. The van der Waals surface area contributed by atoms with E-state index in [-0.39, 0.29) is 5.54 Å². The van der Waals surface area contributed by atoms with Crippen molar-refractivity contribution in [2.45, 2.75) is 103 Å². The lowest BCUT2D eigenvalue weighted by Gasteiger charge is -2.51. The average molecular weight is 465 g/mol. The van der Waals surface area contributed by atoms with Crippen LogP contribution in [0.15, 0.2) is 30.3 Å². The Morgan fingerprint density at radius 2 is 1.71 bits per heavy atom. The molecule has 2 bridgehead atoms. The first-order valence-corrected chi connectivity index (χ1v) is 13.2. The van der Waals surface area contributed by atoms with E-state index >= 15 is 0 Å². The van der Waals surface area contributed by atoms with Gasteiger partial charge in [-0.2, -0.15) is 0 Å². The zero-order chi connectivity index (χ0) is 24.0. The molecule has 34 heavy (non-hydrogen) atoms. The molecule has 1 aromatic carbocycles. The molecule has 4 fully saturated rings. The van der Waals surface area contributed by atoms with E-state index in [0.29, 0.717) is 11.5 Å². The van der Waals surface area contributed by atoms with Crippen LogP contribution in [0.3, 0.4) is 0 Å². The van der Waals surface area contributed by atoms with Crippen molar-refractivity contribution in [3.05, 3.63) is 36.0 Å². The molecule has 2 aromatic rings. The maximum atomic E-state index is 11.7. The Balaban J connectivity index is 1.18.